The third kappa shape index (κ3) is 2.35. The Morgan fingerprint density at radius 1 is 0.955 bits per heavy atom. The summed E-state index contributed by atoms with van der Waals surface area (Å²) in [5, 5.41) is 8.31. The Balaban J connectivity index is 2.05. The van der Waals surface area contributed by atoms with E-state index < -0.39 is 0 Å². The van der Waals surface area contributed by atoms with Gasteiger partial charge in [0.2, 0.25) is 0 Å². The van der Waals surface area contributed by atoms with E-state index in [0.29, 0.717) is 23.0 Å². The quantitative estimate of drug-likeness (QED) is 0.800. The van der Waals surface area contributed by atoms with Crippen LogP contribution in [-0.4, -0.2) is 29.2 Å². The largest absolute Gasteiger partial charge is 0.493 e. The van der Waals surface area contributed by atoms with E-state index in [1.54, 1.807) is 18.9 Å². The number of anilines is 1. The third-order valence-electron chi connectivity index (χ3n) is 3.36. The van der Waals surface area contributed by atoms with E-state index in [0.717, 1.165) is 11.3 Å². The van der Waals surface area contributed by atoms with E-state index in [1.165, 1.54) is 0 Å². The van der Waals surface area contributed by atoms with Crippen LogP contribution < -0.4 is 15.2 Å². The van der Waals surface area contributed by atoms with Crippen LogP contribution >= 0.6 is 0 Å². The van der Waals surface area contributed by atoms with Crippen molar-refractivity contribution in [3.05, 3.63) is 48.5 Å². The predicted molar refractivity (Wildman–Crippen MR) is 84.3 cm³/mol. The lowest BCUT2D eigenvalue weighted by molar-refractivity contribution is 0.355. The van der Waals surface area contributed by atoms with Crippen molar-refractivity contribution in [2.45, 2.75) is 0 Å². The van der Waals surface area contributed by atoms with Crippen molar-refractivity contribution >= 4 is 5.82 Å². The van der Waals surface area contributed by atoms with Crippen molar-refractivity contribution in [2.75, 3.05) is 20.0 Å². The van der Waals surface area contributed by atoms with Crippen LogP contribution in [0.2, 0.25) is 0 Å². The Morgan fingerprint density at radius 3 is 2.36 bits per heavy atom. The third-order valence-corrected chi connectivity index (χ3v) is 3.36. The molecule has 0 bridgehead atoms. The van der Waals surface area contributed by atoms with Crippen LogP contribution in [0.4, 0.5) is 5.82 Å². The van der Waals surface area contributed by atoms with Gasteiger partial charge in [-0.1, -0.05) is 23.4 Å². The molecule has 2 N–H and O–H groups in total. The van der Waals surface area contributed by atoms with Gasteiger partial charge in [-0.15, -0.1) is 5.10 Å². The molecule has 0 radical (unpaired) electrons. The van der Waals surface area contributed by atoms with Gasteiger partial charge in [0.05, 0.1) is 19.9 Å². The van der Waals surface area contributed by atoms with Crippen LogP contribution in [0.25, 0.3) is 16.9 Å². The second-order valence-electron chi connectivity index (χ2n) is 4.64. The number of nitrogens with two attached hydrogens (primary N) is 1. The number of nitrogen functional groups attached to an aromatic ring is 1. The van der Waals surface area contributed by atoms with E-state index in [2.05, 4.69) is 10.3 Å². The molecule has 6 nitrogen and oxygen atoms in total. The summed E-state index contributed by atoms with van der Waals surface area (Å²) in [6.45, 7) is 0. The molecule has 0 aliphatic carbocycles. The molecule has 0 atom stereocenters. The van der Waals surface area contributed by atoms with E-state index in [4.69, 9.17) is 15.2 Å². The minimum Gasteiger partial charge on any atom is -0.493 e. The van der Waals surface area contributed by atoms with Gasteiger partial charge in [0, 0.05) is 5.56 Å². The molecule has 1 heterocycles. The number of ether oxygens (including phenoxy) is 2. The molecule has 3 aromatic rings. The number of rotatable bonds is 4. The molecule has 0 saturated heterocycles. The number of nitrogens with zero attached hydrogens (tertiary/aromatic N) is 3. The van der Waals surface area contributed by atoms with Gasteiger partial charge in [0.1, 0.15) is 5.69 Å². The fraction of sp³-hybridized carbons (Fsp3) is 0.125. The van der Waals surface area contributed by atoms with Gasteiger partial charge in [0.25, 0.3) is 0 Å². The van der Waals surface area contributed by atoms with Gasteiger partial charge in [0.15, 0.2) is 17.3 Å². The van der Waals surface area contributed by atoms with Gasteiger partial charge in [-0.05, 0) is 30.3 Å². The molecule has 112 valence electrons. The summed E-state index contributed by atoms with van der Waals surface area (Å²) in [6, 6.07) is 15.1. The van der Waals surface area contributed by atoms with Crippen molar-refractivity contribution in [3.8, 4) is 28.4 Å². The van der Waals surface area contributed by atoms with E-state index in [-0.39, 0.29) is 0 Å². The summed E-state index contributed by atoms with van der Waals surface area (Å²) >= 11 is 0. The molecule has 0 unspecified atom stereocenters. The van der Waals surface area contributed by atoms with Crippen LogP contribution in [0.3, 0.4) is 0 Å². The highest BCUT2D eigenvalue weighted by Crippen LogP contribution is 2.33. The molecule has 22 heavy (non-hydrogen) atoms. The minimum atomic E-state index is 0.471. The maximum Gasteiger partial charge on any atom is 0.161 e. The van der Waals surface area contributed by atoms with Crippen LogP contribution in [-0.2, 0) is 0 Å². The Bertz CT molecular complexity index is 784. The summed E-state index contributed by atoms with van der Waals surface area (Å²) in [5.41, 5.74) is 8.47. The van der Waals surface area contributed by atoms with E-state index in [9.17, 15) is 0 Å². The maximum absolute atomic E-state index is 6.20. The van der Waals surface area contributed by atoms with Crippen LogP contribution in [0.5, 0.6) is 11.5 Å². The van der Waals surface area contributed by atoms with Gasteiger partial charge < -0.3 is 15.2 Å². The average Bonchev–Trinajstić information content (AvgIpc) is 2.96. The molecule has 2 aromatic carbocycles. The first kappa shape index (κ1) is 13.9. The molecule has 6 heteroatoms. The SMILES string of the molecule is COc1ccc(-c2nnn(-c3ccccc3)c2N)cc1OC. The molecule has 0 amide bonds. The normalized spacial score (nSPS) is 10.5. The topological polar surface area (TPSA) is 75.2 Å². The monoisotopic (exact) mass is 296 g/mol. The first-order valence-corrected chi connectivity index (χ1v) is 6.73. The second-order valence-corrected chi connectivity index (χ2v) is 4.64. The summed E-state index contributed by atoms with van der Waals surface area (Å²) in [5.74, 6) is 1.74. The first-order chi connectivity index (χ1) is 10.7. The Labute approximate surface area is 128 Å². The van der Waals surface area contributed by atoms with Crippen LogP contribution in [0.15, 0.2) is 48.5 Å². The van der Waals surface area contributed by atoms with Gasteiger partial charge in [-0.2, -0.15) is 4.68 Å². The number of hydrogen-bond acceptors (Lipinski definition) is 5. The van der Waals surface area contributed by atoms with Crippen molar-refractivity contribution in [1.29, 1.82) is 0 Å². The average molecular weight is 296 g/mol. The summed E-state index contributed by atoms with van der Waals surface area (Å²) in [6.07, 6.45) is 0. The lowest BCUT2D eigenvalue weighted by atomic mass is 10.1. The Kier molecular flexibility index (Phi) is 3.65. The number of para-hydroxylation sites is 1. The second kappa shape index (κ2) is 5.77. The standard InChI is InChI=1S/C16H16N4O2/c1-21-13-9-8-11(10-14(13)22-2)15-16(17)20(19-18-15)12-6-4-3-5-7-12/h3-10H,17H2,1-2H3. The predicted octanol–water partition coefficient (Wildman–Crippen LogP) is 2.53. The molecule has 1 aromatic heterocycles. The number of benzene rings is 2. The van der Waals surface area contributed by atoms with Gasteiger partial charge in [-0.3, -0.25) is 0 Å². The molecule has 0 saturated carbocycles. The highest BCUT2D eigenvalue weighted by Gasteiger charge is 2.15. The molecule has 0 aliphatic heterocycles. The highest BCUT2D eigenvalue weighted by atomic mass is 16.5. The number of methoxy groups -OCH3 is 2. The first-order valence-electron chi connectivity index (χ1n) is 6.73. The molecular weight excluding hydrogens is 280 g/mol. The minimum absolute atomic E-state index is 0.471. The molecule has 0 aliphatic rings. The van der Waals surface area contributed by atoms with Crippen molar-refractivity contribution in [2.24, 2.45) is 0 Å². The van der Waals surface area contributed by atoms with Crippen LogP contribution in [0, 0.1) is 0 Å². The van der Waals surface area contributed by atoms with Crippen molar-refractivity contribution < 1.29 is 9.47 Å². The summed E-state index contributed by atoms with van der Waals surface area (Å²) < 4.78 is 12.1. The summed E-state index contributed by atoms with van der Waals surface area (Å²) in [7, 11) is 3.18. The lowest BCUT2D eigenvalue weighted by Gasteiger charge is -2.08. The molecular formula is C16H16N4O2. The highest BCUT2D eigenvalue weighted by molar-refractivity contribution is 5.73. The molecule has 3 rings (SSSR count). The zero-order chi connectivity index (χ0) is 15.5. The maximum atomic E-state index is 6.20. The van der Waals surface area contributed by atoms with E-state index >= 15 is 0 Å². The number of hydrogen-bond donors (Lipinski definition) is 1. The van der Waals surface area contributed by atoms with Gasteiger partial charge in [-0.25, -0.2) is 0 Å². The lowest BCUT2D eigenvalue weighted by Crippen LogP contribution is -2.02. The van der Waals surface area contributed by atoms with E-state index in [1.807, 2.05) is 48.5 Å². The smallest absolute Gasteiger partial charge is 0.161 e. The molecule has 0 fully saturated rings. The van der Waals surface area contributed by atoms with Crippen LogP contribution in [0.1, 0.15) is 0 Å². The summed E-state index contributed by atoms with van der Waals surface area (Å²) in [4.78, 5) is 0. The van der Waals surface area contributed by atoms with Crippen molar-refractivity contribution in [1.82, 2.24) is 15.0 Å². The number of aromatic nitrogens is 3. The van der Waals surface area contributed by atoms with Gasteiger partial charge >= 0.3 is 0 Å². The van der Waals surface area contributed by atoms with Crippen molar-refractivity contribution in [3.63, 3.8) is 0 Å². The zero-order valence-corrected chi connectivity index (χ0v) is 12.4. The Hall–Kier alpha value is -3.02. The fourth-order valence-corrected chi connectivity index (χ4v) is 2.24. The zero-order valence-electron chi connectivity index (χ0n) is 12.4. The Morgan fingerprint density at radius 2 is 1.68 bits per heavy atom. The fourth-order valence-electron chi connectivity index (χ4n) is 2.24. The molecule has 0 spiro atoms.